The van der Waals surface area contributed by atoms with Gasteiger partial charge in [0.25, 0.3) is 0 Å². The van der Waals surface area contributed by atoms with E-state index >= 15 is 0 Å². The lowest BCUT2D eigenvalue weighted by Crippen LogP contribution is -2.36. The van der Waals surface area contributed by atoms with Gasteiger partial charge in [0.05, 0.1) is 6.54 Å². The van der Waals surface area contributed by atoms with E-state index in [0.29, 0.717) is 6.54 Å². The molecular weight excluding hydrogens is 224 g/mol. The van der Waals surface area contributed by atoms with Crippen LogP contribution in [0, 0.1) is 13.8 Å². The monoisotopic (exact) mass is 248 g/mol. The zero-order valence-corrected chi connectivity index (χ0v) is 11.7. The third-order valence-electron chi connectivity index (χ3n) is 3.17. The molecule has 0 bridgehead atoms. The minimum absolute atomic E-state index is 0.0318. The molecule has 0 aliphatic heterocycles. The average Bonchev–Trinajstić information content (AvgIpc) is 2.37. The normalized spacial score (nSPS) is 10.4. The second-order valence-corrected chi connectivity index (χ2v) is 4.80. The highest BCUT2D eigenvalue weighted by Gasteiger charge is 2.12. The molecule has 0 atom stereocenters. The van der Waals surface area contributed by atoms with Crippen LogP contribution in [-0.4, -0.2) is 23.9 Å². The van der Waals surface area contributed by atoms with Crippen LogP contribution in [0.2, 0.25) is 0 Å². The topological polar surface area (TPSA) is 46.3 Å². The largest absolute Gasteiger partial charge is 0.337 e. The first kappa shape index (κ1) is 14.7. The van der Waals surface area contributed by atoms with Gasteiger partial charge in [0.1, 0.15) is 0 Å². The number of benzene rings is 1. The number of carbonyl (C=O) groups excluding carboxylic acids is 1. The summed E-state index contributed by atoms with van der Waals surface area (Å²) in [5, 5.41) is 0. The highest BCUT2D eigenvalue weighted by atomic mass is 16.2. The standard InChI is InChI=1S/C15H24N2O/c1-4-5-8-17(15(18)10-16)11-14-9-12(2)6-7-13(14)3/h6-7,9H,4-5,8,10-11,16H2,1-3H3. The Morgan fingerprint density at radius 3 is 2.67 bits per heavy atom. The predicted octanol–water partition coefficient (Wildman–Crippen LogP) is 2.39. The van der Waals surface area contributed by atoms with E-state index in [4.69, 9.17) is 5.73 Å². The Kier molecular flexibility index (Phi) is 5.86. The van der Waals surface area contributed by atoms with E-state index in [1.54, 1.807) is 0 Å². The first-order valence-electron chi connectivity index (χ1n) is 6.62. The molecule has 1 aromatic rings. The third-order valence-corrected chi connectivity index (χ3v) is 3.17. The molecule has 3 nitrogen and oxygen atoms in total. The zero-order chi connectivity index (χ0) is 13.5. The maximum atomic E-state index is 11.8. The van der Waals surface area contributed by atoms with Crippen molar-refractivity contribution in [3.8, 4) is 0 Å². The van der Waals surface area contributed by atoms with Gasteiger partial charge in [-0.25, -0.2) is 0 Å². The van der Waals surface area contributed by atoms with Crippen molar-refractivity contribution in [2.45, 2.75) is 40.2 Å². The predicted molar refractivity (Wildman–Crippen MR) is 75.3 cm³/mol. The average molecular weight is 248 g/mol. The van der Waals surface area contributed by atoms with Gasteiger partial charge in [0, 0.05) is 13.1 Å². The van der Waals surface area contributed by atoms with Gasteiger partial charge in [0.15, 0.2) is 0 Å². The summed E-state index contributed by atoms with van der Waals surface area (Å²) in [5.74, 6) is 0.0318. The molecule has 3 heteroatoms. The van der Waals surface area contributed by atoms with Gasteiger partial charge < -0.3 is 10.6 Å². The van der Waals surface area contributed by atoms with Crippen molar-refractivity contribution in [1.82, 2.24) is 4.90 Å². The molecule has 0 radical (unpaired) electrons. The summed E-state index contributed by atoms with van der Waals surface area (Å²) in [6, 6.07) is 6.35. The number of amides is 1. The van der Waals surface area contributed by atoms with Crippen molar-refractivity contribution in [3.05, 3.63) is 34.9 Å². The Hall–Kier alpha value is -1.35. The molecular formula is C15H24N2O. The Bertz CT molecular complexity index is 401. The van der Waals surface area contributed by atoms with Crippen LogP contribution in [0.4, 0.5) is 0 Å². The number of hydrogen-bond acceptors (Lipinski definition) is 2. The van der Waals surface area contributed by atoms with E-state index in [2.05, 4.69) is 39.0 Å². The van der Waals surface area contributed by atoms with Crippen molar-refractivity contribution >= 4 is 5.91 Å². The molecule has 0 heterocycles. The van der Waals surface area contributed by atoms with Crippen LogP contribution in [0.1, 0.15) is 36.5 Å². The number of unbranched alkanes of at least 4 members (excludes halogenated alkanes) is 1. The summed E-state index contributed by atoms with van der Waals surface area (Å²) in [4.78, 5) is 13.7. The molecule has 18 heavy (non-hydrogen) atoms. The molecule has 0 unspecified atom stereocenters. The number of nitrogens with two attached hydrogens (primary N) is 1. The van der Waals surface area contributed by atoms with Crippen LogP contribution in [0.25, 0.3) is 0 Å². The van der Waals surface area contributed by atoms with Crippen LogP contribution in [0.3, 0.4) is 0 Å². The van der Waals surface area contributed by atoms with Gasteiger partial charge in [-0.15, -0.1) is 0 Å². The summed E-state index contributed by atoms with van der Waals surface area (Å²) in [6.07, 6.45) is 2.11. The van der Waals surface area contributed by atoms with Gasteiger partial charge >= 0.3 is 0 Å². The lowest BCUT2D eigenvalue weighted by molar-refractivity contribution is -0.130. The van der Waals surface area contributed by atoms with E-state index in [0.717, 1.165) is 19.4 Å². The van der Waals surface area contributed by atoms with Gasteiger partial charge in [-0.05, 0) is 31.4 Å². The highest BCUT2D eigenvalue weighted by Crippen LogP contribution is 2.14. The molecule has 0 fully saturated rings. The highest BCUT2D eigenvalue weighted by molar-refractivity contribution is 5.78. The van der Waals surface area contributed by atoms with Crippen LogP contribution < -0.4 is 5.73 Å². The molecule has 100 valence electrons. The fourth-order valence-corrected chi connectivity index (χ4v) is 1.95. The smallest absolute Gasteiger partial charge is 0.236 e. The minimum atomic E-state index is 0.0318. The summed E-state index contributed by atoms with van der Waals surface area (Å²) in [7, 11) is 0. The summed E-state index contributed by atoms with van der Waals surface area (Å²) in [5.41, 5.74) is 9.15. The molecule has 0 spiro atoms. The zero-order valence-electron chi connectivity index (χ0n) is 11.7. The van der Waals surface area contributed by atoms with Crippen molar-refractivity contribution in [3.63, 3.8) is 0 Å². The van der Waals surface area contributed by atoms with Crippen LogP contribution in [-0.2, 0) is 11.3 Å². The number of aryl methyl sites for hydroxylation is 2. The van der Waals surface area contributed by atoms with Gasteiger partial charge in [-0.1, -0.05) is 37.1 Å². The third kappa shape index (κ3) is 4.15. The second kappa shape index (κ2) is 7.17. The van der Waals surface area contributed by atoms with E-state index < -0.39 is 0 Å². The second-order valence-electron chi connectivity index (χ2n) is 4.80. The summed E-state index contributed by atoms with van der Waals surface area (Å²) >= 11 is 0. The number of carbonyl (C=O) groups is 1. The van der Waals surface area contributed by atoms with Crippen molar-refractivity contribution in [2.75, 3.05) is 13.1 Å². The number of hydrogen-bond donors (Lipinski definition) is 1. The van der Waals surface area contributed by atoms with E-state index in [1.807, 2.05) is 4.90 Å². The van der Waals surface area contributed by atoms with Crippen molar-refractivity contribution < 1.29 is 4.79 Å². The van der Waals surface area contributed by atoms with Crippen LogP contribution >= 0.6 is 0 Å². The Labute approximate surface area is 110 Å². The maximum Gasteiger partial charge on any atom is 0.236 e. The van der Waals surface area contributed by atoms with Gasteiger partial charge in [-0.2, -0.15) is 0 Å². The van der Waals surface area contributed by atoms with Gasteiger partial charge in [-0.3, -0.25) is 4.79 Å². The summed E-state index contributed by atoms with van der Waals surface area (Å²) < 4.78 is 0. The number of nitrogens with zero attached hydrogens (tertiary/aromatic N) is 1. The fraction of sp³-hybridized carbons (Fsp3) is 0.533. The Morgan fingerprint density at radius 1 is 1.33 bits per heavy atom. The molecule has 1 aromatic carbocycles. The Morgan fingerprint density at radius 2 is 2.06 bits per heavy atom. The molecule has 0 saturated carbocycles. The molecule has 0 aliphatic carbocycles. The number of rotatable bonds is 6. The molecule has 0 aromatic heterocycles. The SMILES string of the molecule is CCCCN(Cc1cc(C)ccc1C)C(=O)CN. The molecule has 1 amide bonds. The fourth-order valence-electron chi connectivity index (χ4n) is 1.95. The Balaban J connectivity index is 2.81. The van der Waals surface area contributed by atoms with Crippen molar-refractivity contribution in [1.29, 1.82) is 0 Å². The van der Waals surface area contributed by atoms with Crippen LogP contribution in [0.5, 0.6) is 0 Å². The van der Waals surface area contributed by atoms with E-state index in [1.165, 1.54) is 16.7 Å². The quantitative estimate of drug-likeness (QED) is 0.840. The lowest BCUT2D eigenvalue weighted by atomic mass is 10.0. The van der Waals surface area contributed by atoms with E-state index in [-0.39, 0.29) is 12.5 Å². The molecule has 2 N–H and O–H groups in total. The maximum absolute atomic E-state index is 11.8. The summed E-state index contributed by atoms with van der Waals surface area (Å²) in [6.45, 7) is 7.84. The molecule has 0 saturated heterocycles. The van der Waals surface area contributed by atoms with E-state index in [9.17, 15) is 4.79 Å². The van der Waals surface area contributed by atoms with Crippen molar-refractivity contribution in [2.24, 2.45) is 5.73 Å². The molecule has 1 rings (SSSR count). The minimum Gasteiger partial charge on any atom is -0.337 e. The first-order valence-corrected chi connectivity index (χ1v) is 6.62. The lowest BCUT2D eigenvalue weighted by Gasteiger charge is -2.23. The molecule has 0 aliphatic rings. The van der Waals surface area contributed by atoms with Gasteiger partial charge in [0.2, 0.25) is 5.91 Å². The first-order chi connectivity index (χ1) is 8.58. The van der Waals surface area contributed by atoms with Crippen LogP contribution in [0.15, 0.2) is 18.2 Å².